The molecule has 24 heavy (non-hydrogen) atoms. The Hall–Kier alpha value is -2.83. The van der Waals surface area contributed by atoms with Crippen LogP contribution >= 0.6 is 0 Å². The molecule has 0 atom stereocenters. The van der Waals surface area contributed by atoms with Crippen molar-refractivity contribution in [2.75, 3.05) is 0 Å². The van der Waals surface area contributed by atoms with Gasteiger partial charge in [0.25, 0.3) is 0 Å². The van der Waals surface area contributed by atoms with Crippen molar-refractivity contribution in [3.05, 3.63) is 46.9 Å². The van der Waals surface area contributed by atoms with Crippen LogP contribution in [0, 0.1) is 13.8 Å². The van der Waals surface area contributed by atoms with E-state index in [0.717, 1.165) is 22.9 Å². The number of carbonyl (C=O) groups excluding carboxylic acids is 1. The number of rotatable bonds is 5. The van der Waals surface area contributed by atoms with Crippen molar-refractivity contribution in [1.29, 1.82) is 0 Å². The van der Waals surface area contributed by atoms with Crippen LogP contribution in [0.15, 0.2) is 24.3 Å². The van der Waals surface area contributed by atoms with Gasteiger partial charge in [0, 0.05) is 11.9 Å². The summed E-state index contributed by atoms with van der Waals surface area (Å²) in [6.45, 7) is 6.49. The third-order valence-corrected chi connectivity index (χ3v) is 3.91. The molecule has 0 bridgehead atoms. The normalized spacial score (nSPS) is 11.0. The Bertz CT molecular complexity index is 888. The zero-order valence-electron chi connectivity index (χ0n) is 14.0. The van der Waals surface area contributed by atoms with E-state index < -0.39 is 5.97 Å². The lowest BCUT2D eigenvalue weighted by molar-refractivity contribution is 0.0454. The minimum absolute atomic E-state index is 0.0392. The summed E-state index contributed by atoms with van der Waals surface area (Å²) in [4.78, 5) is 17.1. The van der Waals surface area contributed by atoms with Gasteiger partial charge in [-0.05, 0) is 42.3 Å². The highest BCUT2D eigenvalue weighted by Crippen LogP contribution is 2.23. The number of hydrogen-bond acceptors (Lipinski definition) is 6. The van der Waals surface area contributed by atoms with Crippen molar-refractivity contribution < 1.29 is 9.53 Å². The first-order valence-electron chi connectivity index (χ1n) is 7.90. The number of aryl methyl sites for hydroxylation is 3. The molecule has 0 aliphatic carbocycles. The van der Waals surface area contributed by atoms with E-state index in [0.29, 0.717) is 23.6 Å². The van der Waals surface area contributed by atoms with Gasteiger partial charge in [-0.3, -0.25) is 4.98 Å². The Morgan fingerprint density at radius 3 is 2.83 bits per heavy atom. The van der Waals surface area contributed by atoms with Crippen molar-refractivity contribution in [2.45, 2.75) is 40.3 Å². The molecule has 0 amide bonds. The minimum Gasteiger partial charge on any atom is -0.454 e. The van der Waals surface area contributed by atoms with Crippen molar-refractivity contribution in [3.63, 3.8) is 0 Å². The lowest BCUT2D eigenvalue weighted by Crippen LogP contribution is -2.14. The summed E-state index contributed by atoms with van der Waals surface area (Å²) in [6.07, 6.45) is 0.902. The van der Waals surface area contributed by atoms with Crippen molar-refractivity contribution in [2.24, 2.45) is 0 Å². The first-order chi connectivity index (χ1) is 11.6. The van der Waals surface area contributed by atoms with Crippen LogP contribution in [0.1, 0.15) is 40.8 Å². The lowest BCUT2D eigenvalue weighted by atomic mass is 10.0. The number of aromatic nitrogens is 5. The molecule has 7 heteroatoms. The van der Waals surface area contributed by atoms with Crippen LogP contribution in [-0.4, -0.2) is 31.2 Å². The van der Waals surface area contributed by atoms with E-state index in [9.17, 15) is 4.79 Å². The van der Waals surface area contributed by atoms with Crippen LogP contribution < -0.4 is 0 Å². The fourth-order valence-corrected chi connectivity index (χ4v) is 2.75. The molecule has 2 aromatic heterocycles. The first kappa shape index (κ1) is 16.0. The second-order valence-electron chi connectivity index (χ2n) is 5.61. The second-order valence-corrected chi connectivity index (χ2v) is 5.61. The van der Waals surface area contributed by atoms with E-state index in [1.807, 2.05) is 45.0 Å². The van der Waals surface area contributed by atoms with E-state index in [2.05, 4.69) is 20.5 Å². The third-order valence-electron chi connectivity index (χ3n) is 3.91. The van der Waals surface area contributed by atoms with Crippen LogP contribution in [0.5, 0.6) is 0 Å². The first-order valence-corrected chi connectivity index (χ1v) is 7.90. The Kier molecular flexibility index (Phi) is 4.50. The maximum Gasteiger partial charge on any atom is 0.340 e. The van der Waals surface area contributed by atoms with Gasteiger partial charge >= 0.3 is 5.97 Å². The smallest absolute Gasteiger partial charge is 0.340 e. The highest BCUT2D eigenvalue weighted by molar-refractivity contribution is 5.98. The van der Waals surface area contributed by atoms with E-state index >= 15 is 0 Å². The fraction of sp³-hybridized carbons (Fsp3) is 0.353. The molecule has 124 valence electrons. The van der Waals surface area contributed by atoms with E-state index in [4.69, 9.17) is 4.74 Å². The molecule has 0 aliphatic heterocycles. The molecule has 0 aliphatic rings. The number of esters is 1. The quantitative estimate of drug-likeness (QED) is 0.671. The number of benzene rings is 1. The predicted molar refractivity (Wildman–Crippen MR) is 88.4 cm³/mol. The molecule has 2 heterocycles. The van der Waals surface area contributed by atoms with Gasteiger partial charge in [-0.15, -0.1) is 5.10 Å². The van der Waals surface area contributed by atoms with Gasteiger partial charge in [-0.25, -0.2) is 9.48 Å². The Morgan fingerprint density at radius 1 is 1.25 bits per heavy atom. The zero-order valence-corrected chi connectivity index (χ0v) is 14.0. The Balaban J connectivity index is 1.85. The maximum absolute atomic E-state index is 12.6. The summed E-state index contributed by atoms with van der Waals surface area (Å²) in [5, 5.41) is 12.4. The molecule has 0 unspecified atom stereocenters. The number of fused-ring (bicyclic) bond motifs is 1. The van der Waals surface area contributed by atoms with Crippen LogP contribution in [0.25, 0.3) is 10.9 Å². The van der Waals surface area contributed by atoms with Crippen LogP contribution in [-0.2, 0) is 17.9 Å². The van der Waals surface area contributed by atoms with Crippen LogP contribution in [0.4, 0.5) is 0 Å². The van der Waals surface area contributed by atoms with Gasteiger partial charge in [-0.1, -0.05) is 25.1 Å². The van der Waals surface area contributed by atoms with Gasteiger partial charge in [0.05, 0.1) is 16.8 Å². The summed E-state index contributed by atoms with van der Waals surface area (Å²) in [5.74, 6) is 0.128. The number of para-hydroxylation sites is 1. The van der Waals surface area contributed by atoms with Crippen molar-refractivity contribution in [1.82, 2.24) is 25.2 Å². The van der Waals surface area contributed by atoms with E-state index in [1.54, 1.807) is 4.68 Å². The zero-order chi connectivity index (χ0) is 17.1. The predicted octanol–water partition coefficient (Wildman–Crippen LogP) is 2.61. The minimum atomic E-state index is -0.408. The summed E-state index contributed by atoms with van der Waals surface area (Å²) in [5.41, 5.74) is 2.90. The number of carbonyl (C=O) groups is 1. The topological polar surface area (TPSA) is 82.8 Å². The molecule has 0 N–H and O–H groups in total. The monoisotopic (exact) mass is 325 g/mol. The summed E-state index contributed by atoms with van der Waals surface area (Å²) in [6, 6.07) is 7.75. The molecule has 0 fully saturated rings. The van der Waals surface area contributed by atoms with E-state index in [-0.39, 0.29) is 6.61 Å². The molecule has 7 nitrogen and oxygen atoms in total. The molecular weight excluding hydrogens is 306 g/mol. The van der Waals surface area contributed by atoms with Gasteiger partial charge in [0.1, 0.15) is 0 Å². The molecule has 3 aromatic rings. The fourth-order valence-electron chi connectivity index (χ4n) is 2.75. The van der Waals surface area contributed by atoms with Crippen LogP contribution in [0.3, 0.4) is 0 Å². The van der Waals surface area contributed by atoms with Crippen molar-refractivity contribution in [3.8, 4) is 0 Å². The van der Waals surface area contributed by atoms with Gasteiger partial charge in [-0.2, -0.15) is 0 Å². The molecule has 3 rings (SSSR count). The molecule has 1 aromatic carbocycles. The standard InChI is InChI=1S/C17H19N5O2/c1-4-9-22-15(19-20-21-22)10-24-17(23)16-11(2)13-7-5-6-8-14(13)18-12(16)3/h5-8H,4,9-10H2,1-3H3. The molecular formula is C17H19N5O2. The SMILES string of the molecule is CCCn1nnnc1COC(=O)c1c(C)nc2ccccc2c1C. The summed E-state index contributed by atoms with van der Waals surface area (Å²) >= 11 is 0. The number of hydrogen-bond donors (Lipinski definition) is 0. The van der Waals surface area contributed by atoms with Gasteiger partial charge < -0.3 is 4.74 Å². The molecule has 0 radical (unpaired) electrons. The second kappa shape index (κ2) is 6.74. The lowest BCUT2D eigenvalue weighted by Gasteiger charge is -2.12. The van der Waals surface area contributed by atoms with Crippen molar-refractivity contribution >= 4 is 16.9 Å². The highest BCUT2D eigenvalue weighted by Gasteiger charge is 2.18. The number of nitrogens with zero attached hydrogens (tertiary/aromatic N) is 5. The number of ether oxygens (including phenoxy) is 1. The molecule has 0 saturated carbocycles. The third kappa shape index (κ3) is 2.97. The Morgan fingerprint density at radius 2 is 2.04 bits per heavy atom. The Labute approximate surface area is 139 Å². The molecule has 0 spiro atoms. The summed E-state index contributed by atoms with van der Waals surface area (Å²) < 4.78 is 7.07. The molecule has 0 saturated heterocycles. The highest BCUT2D eigenvalue weighted by atomic mass is 16.5. The average molecular weight is 325 g/mol. The van der Waals surface area contributed by atoms with E-state index in [1.165, 1.54) is 0 Å². The number of pyridine rings is 1. The maximum atomic E-state index is 12.6. The van der Waals surface area contributed by atoms with Crippen LogP contribution in [0.2, 0.25) is 0 Å². The largest absolute Gasteiger partial charge is 0.454 e. The summed E-state index contributed by atoms with van der Waals surface area (Å²) in [7, 11) is 0. The average Bonchev–Trinajstić information content (AvgIpc) is 3.00. The van der Waals surface area contributed by atoms with Gasteiger partial charge in [0.15, 0.2) is 12.4 Å². The van der Waals surface area contributed by atoms with Gasteiger partial charge in [0.2, 0.25) is 0 Å². The number of tetrazole rings is 1.